The highest BCUT2D eigenvalue weighted by molar-refractivity contribution is 5.92. The molecule has 1 fully saturated rings. The van der Waals surface area contributed by atoms with E-state index in [4.69, 9.17) is 5.73 Å². The summed E-state index contributed by atoms with van der Waals surface area (Å²) in [5, 5.41) is 0. The second-order valence-electron chi connectivity index (χ2n) is 6.25. The molecule has 1 aliphatic heterocycles. The van der Waals surface area contributed by atoms with E-state index in [0.717, 1.165) is 30.5 Å². The first-order chi connectivity index (χ1) is 12.1. The minimum absolute atomic E-state index is 0.0652. The van der Waals surface area contributed by atoms with Crippen molar-refractivity contribution in [1.82, 2.24) is 14.5 Å². The summed E-state index contributed by atoms with van der Waals surface area (Å²) >= 11 is 0. The molecule has 6 nitrogen and oxygen atoms in total. The van der Waals surface area contributed by atoms with Crippen molar-refractivity contribution in [3.8, 4) is 5.69 Å². The molecule has 2 N–H and O–H groups in total. The number of hydrogen-bond acceptors (Lipinski definition) is 3. The highest BCUT2D eigenvalue weighted by Gasteiger charge is 2.26. The third-order valence-corrected chi connectivity index (χ3v) is 4.46. The number of likely N-dealkylation sites (tertiary alicyclic amines) is 1. The van der Waals surface area contributed by atoms with Gasteiger partial charge < -0.3 is 15.2 Å². The summed E-state index contributed by atoms with van der Waals surface area (Å²) in [5.41, 5.74) is 7.26. The van der Waals surface area contributed by atoms with E-state index in [1.54, 1.807) is 29.6 Å². The SMILES string of the molecule is NC(=O)C[C@@H]1CCCCN1C(=O)/C=C/c1ccc(-n2ccnc2)cc1. The minimum Gasteiger partial charge on any atom is -0.370 e. The van der Waals surface area contributed by atoms with E-state index in [9.17, 15) is 9.59 Å². The molecule has 2 heterocycles. The Morgan fingerprint density at radius 3 is 2.72 bits per heavy atom. The number of imidazole rings is 1. The fraction of sp³-hybridized carbons (Fsp3) is 0.316. The van der Waals surface area contributed by atoms with E-state index in [2.05, 4.69) is 4.98 Å². The molecule has 1 aliphatic rings. The number of nitrogens with zero attached hydrogens (tertiary/aromatic N) is 3. The van der Waals surface area contributed by atoms with Crippen molar-refractivity contribution in [2.24, 2.45) is 5.73 Å². The van der Waals surface area contributed by atoms with E-state index in [-0.39, 0.29) is 24.3 Å². The van der Waals surface area contributed by atoms with Crippen LogP contribution < -0.4 is 5.73 Å². The maximum Gasteiger partial charge on any atom is 0.246 e. The summed E-state index contributed by atoms with van der Waals surface area (Å²) in [5.74, 6) is -0.423. The Morgan fingerprint density at radius 2 is 2.04 bits per heavy atom. The van der Waals surface area contributed by atoms with Crippen molar-refractivity contribution < 1.29 is 9.59 Å². The molecule has 1 atom stereocenters. The van der Waals surface area contributed by atoms with Crippen molar-refractivity contribution in [3.63, 3.8) is 0 Å². The Morgan fingerprint density at radius 1 is 1.24 bits per heavy atom. The van der Waals surface area contributed by atoms with Gasteiger partial charge in [-0.15, -0.1) is 0 Å². The van der Waals surface area contributed by atoms with Crippen molar-refractivity contribution in [2.45, 2.75) is 31.7 Å². The van der Waals surface area contributed by atoms with E-state index in [0.29, 0.717) is 6.54 Å². The molecular weight excluding hydrogens is 316 g/mol. The Bertz CT molecular complexity index is 750. The van der Waals surface area contributed by atoms with Gasteiger partial charge in [-0.25, -0.2) is 4.98 Å². The summed E-state index contributed by atoms with van der Waals surface area (Å²) in [4.78, 5) is 29.5. The normalized spacial score (nSPS) is 17.8. The fourth-order valence-electron chi connectivity index (χ4n) is 3.17. The van der Waals surface area contributed by atoms with Crippen LogP contribution in [0.3, 0.4) is 0 Å². The molecule has 1 aromatic heterocycles. The van der Waals surface area contributed by atoms with Crippen LogP contribution >= 0.6 is 0 Å². The van der Waals surface area contributed by atoms with Crippen molar-refractivity contribution in [1.29, 1.82) is 0 Å². The van der Waals surface area contributed by atoms with Crippen LogP contribution in [0.5, 0.6) is 0 Å². The number of piperidine rings is 1. The third kappa shape index (κ3) is 4.35. The number of nitrogens with two attached hydrogens (primary N) is 1. The van der Waals surface area contributed by atoms with Gasteiger partial charge in [0, 0.05) is 43.2 Å². The fourth-order valence-corrected chi connectivity index (χ4v) is 3.17. The van der Waals surface area contributed by atoms with Gasteiger partial charge in [0.15, 0.2) is 0 Å². The molecule has 1 saturated heterocycles. The van der Waals surface area contributed by atoms with Gasteiger partial charge in [0.05, 0.1) is 6.33 Å². The third-order valence-electron chi connectivity index (χ3n) is 4.46. The summed E-state index contributed by atoms with van der Waals surface area (Å²) in [6, 6.07) is 7.78. The Kier molecular flexibility index (Phi) is 5.28. The summed E-state index contributed by atoms with van der Waals surface area (Å²) in [7, 11) is 0. The smallest absolute Gasteiger partial charge is 0.246 e. The molecule has 2 amide bonds. The molecule has 3 rings (SSSR count). The molecule has 0 spiro atoms. The zero-order valence-electron chi connectivity index (χ0n) is 14.0. The van der Waals surface area contributed by atoms with Gasteiger partial charge in [0.2, 0.25) is 11.8 Å². The lowest BCUT2D eigenvalue weighted by Gasteiger charge is -2.34. The average Bonchev–Trinajstić information content (AvgIpc) is 3.15. The summed E-state index contributed by atoms with van der Waals surface area (Å²) < 4.78 is 1.92. The van der Waals surface area contributed by atoms with Gasteiger partial charge in [0.25, 0.3) is 0 Å². The lowest BCUT2D eigenvalue weighted by molar-refractivity contribution is -0.130. The van der Waals surface area contributed by atoms with E-state index >= 15 is 0 Å². The molecule has 0 unspecified atom stereocenters. The van der Waals surface area contributed by atoms with Crippen molar-refractivity contribution in [2.75, 3.05) is 6.54 Å². The van der Waals surface area contributed by atoms with Gasteiger partial charge in [-0.05, 0) is 43.0 Å². The molecule has 6 heteroatoms. The molecule has 130 valence electrons. The maximum atomic E-state index is 12.5. The second-order valence-corrected chi connectivity index (χ2v) is 6.25. The first-order valence-corrected chi connectivity index (χ1v) is 8.49. The average molecular weight is 338 g/mol. The lowest BCUT2D eigenvalue weighted by Crippen LogP contribution is -2.44. The standard InChI is InChI=1S/C19H22N4O2/c20-18(24)13-17-3-1-2-11-23(17)19(25)9-6-15-4-7-16(8-5-15)22-12-10-21-14-22/h4-10,12,14,17H,1-3,11,13H2,(H2,20,24)/b9-6+/t17-/m0/s1. The molecule has 0 radical (unpaired) electrons. The highest BCUT2D eigenvalue weighted by Crippen LogP contribution is 2.20. The largest absolute Gasteiger partial charge is 0.370 e. The van der Waals surface area contributed by atoms with Crippen molar-refractivity contribution in [3.05, 3.63) is 54.6 Å². The van der Waals surface area contributed by atoms with Gasteiger partial charge >= 0.3 is 0 Å². The van der Waals surface area contributed by atoms with Crippen molar-refractivity contribution >= 4 is 17.9 Å². The highest BCUT2D eigenvalue weighted by atomic mass is 16.2. The molecule has 25 heavy (non-hydrogen) atoms. The van der Waals surface area contributed by atoms with Crippen LogP contribution in [0.25, 0.3) is 11.8 Å². The first-order valence-electron chi connectivity index (χ1n) is 8.49. The van der Waals surface area contributed by atoms with E-state index in [1.165, 1.54) is 0 Å². The maximum absolute atomic E-state index is 12.5. The van der Waals surface area contributed by atoms with Crippen LogP contribution in [-0.4, -0.2) is 38.9 Å². The zero-order valence-corrected chi connectivity index (χ0v) is 14.0. The second kappa shape index (κ2) is 7.79. The predicted octanol–water partition coefficient (Wildman–Crippen LogP) is 2.14. The topological polar surface area (TPSA) is 81.2 Å². The quantitative estimate of drug-likeness (QED) is 0.848. The van der Waals surface area contributed by atoms with Crippen LogP contribution in [0.2, 0.25) is 0 Å². The monoisotopic (exact) mass is 338 g/mol. The molecular formula is C19H22N4O2. The molecule has 1 aromatic carbocycles. The lowest BCUT2D eigenvalue weighted by atomic mass is 9.99. The molecule has 0 saturated carbocycles. The predicted molar refractivity (Wildman–Crippen MR) is 95.8 cm³/mol. The number of amides is 2. The number of aromatic nitrogens is 2. The Labute approximate surface area is 147 Å². The van der Waals surface area contributed by atoms with E-state index in [1.807, 2.05) is 35.0 Å². The molecule has 2 aromatic rings. The summed E-state index contributed by atoms with van der Waals surface area (Å²) in [6.07, 6.45) is 11.8. The van der Waals surface area contributed by atoms with Crippen LogP contribution in [-0.2, 0) is 9.59 Å². The van der Waals surface area contributed by atoms with Gasteiger partial charge in [0.1, 0.15) is 0 Å². The number of hydrogen-bond donors (Lipinski definition) is 1. The zero-order chi connectivity index (χ0) is 17.6. The van der Waals surface area contributed by atoms with Gasteiger partial charge in [-0.3, -0.25) is 9.59 Å². The first kappa shape index (κ1) is 17.0. The number of carbonyl (C=O) groups is 2. The minimum atomic E-state index is -0.358. The van der Waals surface area contributed by atoms with Crippen LogP contribution in [0.1, 0.15) is 31.2 Å². The van der Waals surface area contributed by atoms with E-state index < -0.39 is 0 Å². The summed E-state index contributed by atoms with van der Waals surface area (Å²) in [6.45, 7) is 0.681. The number of carbonyl (C=O) groups excluding carboxylic acids is 2. The van der Waals surface area contributed by atoms with Crippen LogP contribution in [0, 0.1) is 0 Å². The number of rotatable bonds is 5. The molecule has 0 bridgehead atoms. The van der Waals surface area contributed by atoms with Gasteiger partial charge in [-0.1, -0.05) is 12.1 Å². The number of primary amides is 1. The van der Waals surface area contributed by atoms with Gasteiger partial charge in [-0.2, -0.15) is 0 Å². The Hall–Kier alpha value is -2.89. The van der Waals surface area contributed by atoms with Crippen LogP contribution in [0.15, 0.2) is 49.1 Å². The molecule has 0 aliphatic carbocycles. The number of benzene rings is 1. The Balaban J connectivity index is 1.66. The van der Waals surface area contributed by atoms with Crippen LogP contribution in [0.4, 0.5) is 0 Å².